The number of aromatic nitrogens is 4. The molecule has 186 valence electrons. The van der Waals surface area contributed by atoms with Gasteiger partial charge in [-0.25, -0.2) is 9.97 Å². The van der Waals surface area contributed by atoms with Crippen molar-refractivity contribution < 1.29 is 19.4 Å². The van der Waals surface area contributed by atoms with Gasteiger partial charge in [0.15, 0.2) is 11.6 Å². The van der Waals surface area contributed by atoms with Crippen molar-refractivity contribution in [3.63, 3.8) is 0 Å². The highest BCUT2D eigenvalue weighted by atomic mass is 35.5. The Morgan fingerprint density at radius 2 is 2.17 bits per heavy atom. The van der Waals surface area contributed by atoms with Gasteiger partial charge in [0.25, 0.3) is 0 Å². The summed E-state index contributed by atoms with van der Waals surface area (Å²) in [5.41, 5.74) is 2.32. The van der Waals surface area contributed by atoms with E-state index in [9.17, 15) is 14.7 Å². The lowest BCUT2D eigenvalue weighted by Gasteiger charge is -2.29. The zero-order valence-corrected chi connectivity index (χ0v) is 20.2. The van der Waals surface area contributed by atoms with Gasteiger partial charge in [0.1, 0.15) is 17.8 Å². The first kappa shape index (κ1) is 24.3. The van der Waals surface area contributed by atoms with Gasteiger partial charge in [-0.3, -0.25) is 14.6 Å². The van der Waals surface area contributed by atoms with Crippen molar-refractivity contribution in [1.82, 2.24) is 19.9 Å². The lowest BCUT2D eigenvalue weighted by Crippen LogP contribution is -2.36. The van der Waals surface area contributed by atoms with Crippen LogP contribution in [0.5, 0.6) is 0 Å². The van der Waals surface area contributed by atoms with E-state index in [1.54, 1.807) is 36.8 Å². The van der Waals surface area contributed by atoms with Crippen molar-refractivity contribution in [1.29, 1.82) is 0 Å². The Morgan fingerprint density at radius 3 is 2.89 bits per heavy atom. The third kappa shape index (κ3) is 5.09. The van der Waals surface area contributed by atoms with Crippen molar-refractivity contribution in [2.24, 2.45) is 5.92 Å². The quantitative estimate of drug-likeness (QED) is 0.392. The lowest BCUT2D eigenvalue weighted by atomic mass is 9.88. The molecule has 1 saturated heterocycles. The highest BCUT2D eigenvalue weighted by Crippen LogP contribution is 2.34. The van der Waals surface area contributed by atoms with Crippen molar-refractivity contribution in [3.05, 3.63) is 70.9 Å². The van der Waals surface area contributed by atoms with Gasteiger partial charge in [-0.15, -0.1) is 0 Å². The van der Waals surface area contributed by atoms with Crippen LogP contribution in [-0.4, -0.2) is 62.0 Å². The number of aromatic amines is 1. The number of rotatable bonds is 8. The van der Waals surface area contributed by atoms with Crippen LogP contribution in [0.25, 0.3) is 11.0 Å². The van der Waals surface area contributed by atoms with Gasteiger partial charge in [0.2, 0.25) is 0 Å². The van der Waals surface area contributed by atoms with E-state index < -0.39 is 5.92 Å². The second kappa shape index (κ2) is 10.7. The second-order valence-corrected chi connectivity index (χ2v) is 9.44. The van der Waals surface area contributed by atoms with E-state index in [0.717, 1.165) is 18.4 Å². The Morgan fingerprint density at radius 1 is 1.28 bits per heavy atom. The van der Waals surface area contributed by atoms with E-state index in [-0.39, 0.29) is 36.7 Å². The first-order valence-electron chi connectivity index (χ1n) is 11.9. The molecule has 0 spiro atoms. The number of ketones is 2. The molecule has 4 heterocycles. The fraction of sp³-hybridized carbons (Fsp3) is 0.346. The molecule has 2 aliphatic rings. The number of hydrogen-bond donors (Lipinski definition) is 3. The van der Waals surface area contributed by atoms with Gasteiger partial charge in [-0.05, 0) is 43.0 Å². The molecule has 1 unspecified atom stereocenters. The Balaban J connectivity index is 1.32. The largest absolute Gasteiger partial charge is 0.394 e. The van der Waals surface area contributed by atoms with Crippen molar-refractivity contribution in [2.75, 3.05) is 18.5 Å². The fourth-order valence-electron chi connectivity index (χ4n) is 4.60. The molecule has 3 N–H and O–H groups in total. The molecule has 0 radical (unpaired) electrons. The highest BCUT2D eigenvalue weighted by Gasteiger charge is 2.30. The summed E-state index contributed by atoms with van der Waals surface area (Å²) in [5, 5.41) is 13.7. The Kier molecular flexibility index (Phi) is 7.22. The summed E-state index contributed by atoms with van der Waals surface area (Å²) in [7, 11) is 0. The number of anilines is 1. The number of carbonyl (C=O) groups is 2. The molecule has 0 amide bonds. The first-order chi connectivity index (χ1) is 17.5. The number of aliphatic hydroxyl groups excluding tert-OH is 1. The van der Waals surface area contributed by atoms with Gasteiger partial charge in [-0.1, -0.05) is 17.7 Å². The summed E-state index contributed by atoms with van der Waals surface area (Å²) in [6.45, 7) is 0.442. The molecule has 1 aliphatic heterocycles. The highest BCUT2D eigenvalue weighted by molar-refractivity contribution is 6.33. The molecule has 0 bridgehead atoms. The third-order valence-corrected chi connectivity index (χ3v) is 6.96. The number of aliphatic hydroxyl groups is 1. The minimum Gasteiger partial charge on any atom is -0.394 e. The molecule has 9 nitrogen and oxygen atoms in total. The number of allylic oxidation sites excluding steroid dienone is 4. The molecule has 3 aromatic heterocycles. The smallest absolute Gasteiger partial charge is 0.173 e. The number of Topliss-reactive ketones (excluding diaryl/α,β-unsaturated/α-hetero) is 2. The SMILES string of the molecule is O=C(CC1=CCC(C(=O)c2c[nH]c3ncnc(N[C@@H]4CC[C@H](CO)OC4)c23)C(Cl)=C1)c1cccnc1. The van der Waals surface area contributed by atoms with Crippen LogP contribution in [0.2, 0.25) is 0 Å². The average Bonchev–Trinajstić information content (AvgIpc) is 3.35. The van der Waals surface area contributed by atoms with Crippen LogP contribution in [0, 0.1) is 5.92 Å². The predicted octanol–water partition coefficient (Wildman–Crippen LogP) is 3.83. The molecular weight excluding hydrogens is 482 g/mol. The van der Waals surface area contributed by atoms with Crippen LogP contribution in [0.3, 0.4) is 0 Å². The molecule has 1 aliphatic carbocycles. The lowest BCUT2D eigenvalue weighted by molar-refractivity contribution is -0.0224. The van der Waals surface area contributed by atoms with Gasteiger partial charge in [-0.2, -0.15) is 0 Å². The van der Waals surface area contributed by atoms with E-state index in [4.69, 9.17) is 16.3 Å². The molecule has 5 rings (SSSR count). The standard InChI is InChI=1S/C26H26ClN5O4/c27-21-8-15(9-22(34)16-2-1-7-28-10-16)3-6-19(21)24(35)20-11-29-25-23(20)26(31-14-30-25)32-17-4-5-18(12-33)36-13-17/h1-3,7-8,10-11,14,17-19,33H,4-6,9,12-13H2,(H2,29,30,31,32)/t17-,18-,19?/m1/s1. The molecule has 0 saturated carbocycles. The topological polar surface area (TPSA) is 130 Å². The molecule has 0 aromatic carbocycles. The maximum absolute atomic E-state index is 13.6. The summed E-state index contributed by atoms with van der Waals surface area (Å²) in [6, 6.07) is 3.46. The summed E-state index contributed by atoms with van der Waals surface area (Å²) < 4.78 is 5.67. The maximum atomic E-state index is 13.6. The van der Waals surface area contributed by atoms with Gasteiger partial charge in [0, 0.05) is 41.2 Å². The number of halogens is 1. The number of H-pyrrole nitrogens is 1. The molecule has 3 atom stereocenters. The van der Waals surface area contributed by atoms with E-state index in [1.807, 2.05) is 6.08 Å². The zero-order chi connectivity index (χ0) is 25.1. The predicted molar refractivity (Wildman–Crippen MR) is 135 cm³/mol. The van der Waals surface area contributed by atoms with Gasteiger partial charge >= 0.3 is 0 Å². The Bertz CT molecular complexity index is 1330. The van der Waals surface area contributed by atoms with Crippen LogP contribution in [-0.2, 0) is 4.74 Å². The molecule has 3 aromatic rings. The van der Waals surface area contributed by atoms with E-state index in [0.29, 0.717) is 46.0 Å². The number of fused-ring (bicyclic) bond motifs is 1. The number of hydrogen-bond acceptors (Lipinski definition) is 8. The van der Waals surface area contributed by atoms with E-state index >= 15 is 0 Å². The van der Waals surface area contributed by atoms with Crippen molar-refractivity contribution in [2.45, 2.75) is 37.8 Å². The monoisotopic (exact) mass is 507 g/mol. The first-order valence-corrected chi connectivity index (χ1v) is 12.3. The van der Waals surface area contributed by atoms with Gasteiger partial charge in [0.05, 0.1) is 36.7 Å². The summed E-state index contributed by atoms with van der Waals surface area (Å²) >= 11 is 6.57. The van der Waals surface area contributed by atoms with Crippen LogP contribution in [0.15, 0.2) is 59.8 Å². The normalized spacial score (nSPS) is 22.1. The molecule has 10 heteroatoms. The van der Waals surface area contributed by atoms with Crippen molar-refractivity contribution in [3.8, 4) is 0 Å². The maximum Gasteiger partial charge on any atom is 0.173 e. The number of nitrogens with one attached hydrogen (secondary N) is 2. The fourth-order valence-corrected chi connectivity index (χ4v) is 4.93. The van der Waals surface area contributed by atoms with Gasteiger partial charge < -0.3 is 20.1 Å². The van der Waals surface area contributed by atoms with Crippen LogP contribution in [0.4, 0.5) is 5.82 Å². The number of ether oxygens (including phenoxy) is 1. The zero-order valence-electron chi connectivity index (χ0n) is 19.5. The molecule has 36 heavy (non-hydrogen) atoms. The molecular formula is C26H26ClN5O4. The summed E-state index contributed by atoms with van der Waals surface area (Å²) in [5.74, 6) is -0.204. The van der Waals surface area contributed by atoms with E-state index in [2.05, 4.69) is 25.3 Å². The Labute approximate surface area is 212 Å². The number of nitrogens with zero attached hydrogens (tertiary/aromatic N) is 3. The van der Waals surface area contributed by atoms with E-state index in [1.165, 1.54) is 6.33 Å². The van der Waals surface area contributed by atoms with Crippen molar-refractivity contribution >= 4 is 40.0 Å². The summed E-state index contributed by atoms with van der Waals surface area (Å²) in [4.78, 5) is 41.8. The minimum absolute atomic E-state index is 0.00435. The number of pyridine rings is 1. The van der Waals surface area contributed by atoms with Crippen LogP contribution >= 0.6 is 11.6 Å². The number of carbonyl (C=O) groups excluding carboxylic acids is 2. The second-order valence-electron chi connectivity index (χ2n) is 9.01. The van der Waals surface area contributed by atoms with Crippen LogP contribution in [0.1, 0.15) is 46.4 Å². The van der Waals surface area contributed by atoms with Crippen LogP contribution < -0.4 is 5.32 Å². The third-order valence-electron chi connectivity index (χ3n) is 6.59. The average molecular weight is 508 g/mol. The summed E-state index contributed by atoms with van der Waals surface area (Å²) in [6.07, 6.45) is 11.8. The molecule has 1 fully saturated rings. The minimum atomic E-state index is -0.556. The Hall–Kier alpha value is -3.40.